The summed E-state index contributed by atoms with van der Waals surface area (Å²) in [6, 6.07) is 3.75. The Hall–Kier alpha value is -1.36. The largest absolute Gasteiger partial charge is 0.502 e. The maximum atomic E-state index is 10.1. The predicted octanol–water partition coefficient (Wildman–Crippen LogP) is 1.86. The van der Waals surface area contributed by atoms with Crippen LogP contribution in [-0.4, -0.2) is 10.0 Å². The normalized spacial score (nSPS) is 9.45. The van der Waals surface area contributed by atoms with E-state index in [-0.39, 0.29) is 11.4 Å². The molecule has 0 saturated carbocycles. The fourth-order valence-electron chi connectivity index (χ4n) is 0.658. The lowest BCUT2D eigenvalue weighted by atomic mass is 10.3. The first kappa shape index (κ1) is 7.74. The molecule has 0 saturated heterocycles. The summed E-state index contributed by atoms with van der Waals surface area (Å²) in [5.41, 5.74) is -0.321. The van der Waals surface area contributed by atoms with E-state index in [0.717, 1.165) is 0 Å². The average molecular weight is 170 g/mol. The van der Waals surface area contributed by atoms with Gasteiger partial charge in [0.1, 0.15) is 0 Å². The SMILES string of the molecule is O=[N+]([O-])c1ccc([S])cc1O. The first-order valence-electron chi connectivity index (χ1n) is 2.75. The fourth-order valence-corrected chi connectivity index (χ4v) is 0.837. The molecule has 11 heavy (non-hydrogen) atoms. The van der Waals surface area contributed by atoms with Crippen molar-refractivity contribution in [2.45, 2.75) is 4.90 Å². The molecule has 0 bridgehead atoms. The Morgan fingerprint density at radius 2 is 2.18 bits per heavy atom. The summed E-state index contributed by atoms with van der Waals surface area (Å²) in [5, 5.41) is 19.1. The Bertz CT molecular complexity index is 300. The van der Waals surface area contributed by atoms with E-state index in [1.165, 1.54) is 18.2 Å². The molecule has 1 aromatic carbocycles. The number of hydrogen-bond acceptors (Lipinski definition) is 3. The molecule has 1 N–H and O–H groups in total. The second kappa shape index (κ2) is 2.71. The van der Waals surface area contributed by atoms with Gasteiger partial charge < -0.3 is 5.11 Å². The second-order valence-corrected chi connectivity index (χ2v) is 2.38. The molecule has 0 aliphatic heterocycles. The van der Waals surface area contributed by atoms with E-state index in [4.69, 9.17) is 5.11 Å². The molecule has 0 spiro atoms. The summed E-state index contributed by atoms with van der Waals surface area (Å²) >= 11 is 4.66. The van der Waals surface area contributed by atoms with Crippen molar-refractivity contribution < 1.29 is 10.0 Å². The van der Waals surface area contributed by atoms with Gasteiger partial charge in [-0.05, 0) is 6.07 Å². The van der Waals surface area contributed by atoms with Gasteiger partial charge >= 0.3 is 5.69 Å². The van der Waals surface area contributed by atoms with Crippen LogP contribution in [0.3, 0.4) is 0 Å². The highest BCUT2D eigenvalue weighted by Crippen LogP contribution is 2.27. The van der Waals surface area contributed by atoms with Gasteiger partial charge in [-0.15, -0.1) is 0 Å². The number of nitrogens with zero attached hydrogens (tertiary/aromatic N) is 1. The van der Waals surface area contributed by atoms with Crippen molar-refractivity contribution in [3.8, 4) is 5.75 Å². The molecule has 0 unspecified atom stereocenters. The molecule has 1 radical (unpaired) electrons. The van der Waals surface area contributed by atoms with Crippen molar-refractivity contribution in [1.82, 2.24) is 0 Å². The molecule has 5 heteroatoms. The van der Waals surface area contributed by atoms with Crippen molar-refractivity contribution >= 4 is 18.3 Å². The third kappa shape index (κ3) is 1.56. The summed E-state index contributed by atoms with van der Waals surface area (Å²) in [5.74, 6) is -0.387. The van der Waals surface area contributed by atoms with E-state index >= 15 is 0 Å². The molecule has 0 fully saturated rings. The number of rotatable bonds is 1. The van der Waals surface area contributed by atoms with Crippen LogP contribution in [0.2, 0.25) is 0 Å². The van der Waals surface area contributed by atoms with Crippen LogP contribution in [0.25, 0.3) is 0 Å². The van der Waals surface area contributed by atoms with Gasteiger partial charge in [-0.3, -0.25) is 10.1 Å². The molecular weight excluding hydrogens is 166 g/mol. The number of benzene rings is 1. The lowest BCUT2D eigenvalue weighted by molar-refractivity contribution is -0.385. The van der Waals surface area contributed by atoms with Crippen LogP contribution < -0.4 is 0 Å². The number of phenolic OH excluding ortho intramolecular Hbond substituents is 1. The molecule has 0 aromatic heterocycles. The monoisotopic (exact) mass is 170 g/mol. The third-order valence-electron chi connectivity index (χ3n) is 1.14. The minimum atomic E-state index is -0.663. The van der Waals surface area contributed by atoms with Gasteiger partial charge in [-0.1, -0.05) is 12.6 Å². The van der Waals surface area contributed by atoms with Gasteiger partial charge in [0, 0.05) is 17.0 Å². The zero-order valence-electron chi connectivity index (χ0n) is 5.35. The van der Waals surface area contributed by atoms with Crippen LogP contribution in [0.5, 0.6) is 5.75 Å². The van der Waals surface area contributed by atoms with Crippen molar-refractivity contribution in [2.24, 2.45) is 0 Å². The maximum Gasteiger partial charge on any atom is 0.310 e. The zero-order valence-corrected chi connectivity index (χ0v) is 6.17. The maximum absolute atomic E-state index is 10.1. The highest BCUT2D eigenvalue weighted by Gasteiger charge is 2.11. The fraction of sp³-hybridized carbons (Fsp3) is 0. The van der Waals surface area contributed by atoms with E-state index < -0.39 is 4.92 Å². The van der Waals surface area contributed by atoms with Crippen LogP contribution in [-0.2, 0) is 0 Å². The highest BCUT2D eigenvalue weighted by atomic mass is 32.1. The summed E-state index contributed by atoms with van der Waals surface area (Å²) < 4.78 is 0. The third-order valence-corrected chi connectivity index (χ3v) is 1.40. The molecule has 57 valence electrons. The number of nitro benzene ring substituents is 1. The number of hydrogen-bond donors (Lipinski definition) is 1. The van der Waals surface area contributed by atoms with Crippen molar-refractivity contribution in [3.05, 3.63) is 28.3 Å². The van der Waals surface area contributed by atoms with Crippen LogP contribution in [0.15, 0.2) is 23.1 Å². The van der Waals surface area contributed by atoms with Crippen molar-refractivity contribution in [1.29, 1.82) is 0 Å². The van der Waals surface area contributed by atoms with Gasteiger partial charge in [0.05, 0.1) is 4.92 Å². The van der Waals surface area contributed by atoms with E-state index in [1.807, 2.05) is 0 Å². The zero-order chi connectivity index (χ0) is 8.43. The van der Waals surface area contributed by atoms with E-state index in [2.05, 4.69) is 12.6 Å². The molecule has 0 aliphatic rings. The second-order valence-electron chi connectivity index (χ2n) is 1.91. The smallest absolute Gasteiger partial charge is 0.310 e. The predicted molar refractivity (Wildman–Crippen MR) is 40.6 cm³/mol. The lowest BCUT2D eigenvalue weighted by Crippen LogP contribution is -1.87. The minimum absolute atomic E-state index is 0.321. The van der Waals surface area contributed by atoms with Crippen molar-refractivity contribution in [2.75, 3.05) is 0 Å². The van der Waals surface area contributed by atoms with Crippen LogP contribution in [0, 0.1) is 10.1 Å². The van der Waals surface area contributed by atoms with Crippen molar-refractivity contribution in [3.63, 3.8) is 0 Å². The molecule has 1 aromatic rings. The van der Waals surface area contributed by atoms with E-state index in [9.17, 15) is 10.1 Å². The first-order valence-corrected chi connectivity index (χ1v) is 3.16. The molecule has 0 atom stereocenters. The Kier molecular flexibility index (Phi) is 1.91. The number of nitro groups is 1. The standard InChI is InChI=1S/C6H4NO3S/c8-6-3-4(11)1-2-5(6)7(9)10/h1-3,8H. The van der Waals surface area contributed by atoms with Crippen LogP contribution >= 0.6 is 12.6 Å². The molecule has 0 heterocycles. The number of phenols is 1. The Labute approximate surface area is 68.0 Å². The first-order chi connectivity index (χ1) is 5.11. The summed E-state index contributed by atoms with van der Waals surface area (Å²) in [6.45, 7) is 0. The summed E-state index contributed by atoms with van der Waals surface area (Å²) in [7, 11) is 0. The topological polar surface area (TPSA) is 63.4 Å². The Morgan fingerprint density at radius 1 is 1.55 bits per heavy atom. The molecule has 4 nitrogen and oxygen atoms in total. The highest BCUT2D eigenvalue weighted by molar-refractivity contribution is 7.80. The minimum Gasteiger partial charge on any atom is -0.502 e. The summed E-state index contributed by atoms with van der Waals surface area (Å²) in [6.07, 6.45) is 0. The molecule has 0 amide bonds. The number of aromatic hydroxyl groups is 1. The van der Waals surface area contributed by atoms with Gasteiger partial charge in [0.15, 0.2) is 5.75 Å². The van der Waals surface area contributed by atoms with Crippen LogP contribution in [0.4, 0.5) is 5.69 Å². The molecule has 0 aliphatic carbocycles. The Balaban J connectivity index is 3.20. The van der Waals surface area contributed by atoms with Crippen LogP contribution in [0.1, 0.15) is 0 Å². The molecular formula is C6H4NO3S. The summed E-state index contributed by atoms with van der Waals surface area (Å²) in [4.78, 5) is 9.86. The quantitative estimate of drug-likeness (QED) is 0.516. The van der Waals surface area contributed by atoms with Gasteiger partial charge in [0.25, 0.3) is 0 Å². The van der Waals surface area contributed by atoms with Gasteiger partial charge in [-0.2, -0.15) is 0 Å². The van der Waals surface area contributed by atoms with Gasteiger partial charge in [-0.25, -0.2) is 0 Å². The Morgan fingerprint density at radius 3 is 2.64 bits per heavy atom. The lowest BCUT2D eigenvalue weighted by Gasteiger charge is -1.94. The van der Waals surface area contributed by atoms with Gasteiger partial charge in [0.2, 0.25) is 0 Å². The van der Waals surface area contributed by atoms with E-state index in [1.54, 1.807) is 0 Å². The average Bonchev–Trinajstić information content (AvgIpc) is 1.85. The molecule has 1 rings (SSSR count). The van der Waals surface area contributed by atoms with E-state index in [0.29, 0.717) is 4.90 Å².